The molecule has 0 aromatic carbocycles. The maximum absolute atomic E-state index is 5.64. The number of ether oxygens (including phenoxy) is 2. The summed E-state index contributed by atoms with van der Waals surface area (Å²) in [5.74, 6) is 0. The molecule has 1 saturated heterocycles. The molecule has 1 heterocycles. The quantitative estimate of drug-likeness (QED) is 0.659. The van der Waals surface area contributed by atoms with E-state index in [0.717, 1.165) is 26.3 Å². The van der Waals surface area contributed by atoms with Crippen LogP contribution < -0.4 is 5.32 Å². The van der Waals surface area contributed by atoms with Gasteiger partial charge in [-0.25, -0.2) is 0 Å². The van der Waals surface area contributed by atoms with Gasteiger partial charge in [0.05, 0.1) is 26.4 Å². The van der Waals surface area contributed by atoms with Crippen molar-refractivity contribution < 1.29 is 9.47 Å². The Bertz CT molecular complexity index is 221. The first-order chi connectivity index (χ1) is 9.58. The number of hydrogen-bond acceptors (Lipinski definition) is 4. The molecule has 1 N–H and O–H groups in total. The van der Waals surface area contributed by atoms with Gasteiger partial charge in [-0.1, -0.05) is 12.8 Å². The van der Waals surface area contributed by atoms with Crippen molar-refractivity contribution in [3.05, 3.63) is 0 Å². The van der Waals surface area contributed by atoms with Crippen LogP contribution in [0.5, 0.6) is 0 Å². The molecule has 20 heavy (non-hydrogen) atoms. The summed E-state index contributed by atoms with van der Waals surface area (Å²) in [7, 11) is 0. The first kappa shape index (κ1) is 17.9. The highest BCUT2D eigenvalue weighted by Gasteiger charge is 2.08. The van der Waals surface area contributed by atoms with Crippen LogP contribution in [0.4, 0.5) is 0 Å². The highest BCUT2D eigenvalue weighted by Crippen LogP contribution is 2.08. The summed E-state index contributed by atoms with van der Waals surface area (Å²) in [5.41, 5.74) is 0.174. The van der Waals surface area contributed by atoms with Crippen LogP contribution in [-0.2, 0) is 9.47 Å². The zero-order chi connectivity index (χ0) is 14.7. The molecule has 0 atom stereocenters. The molecule has 1 aliphatic rings. The summed E-state index contributed by atoms with van der Waals surface area (Å²) in [5, 5.41) is 3.40. The number of nitrogens with one attached hydrogen (secondary N) is 1. The first-order valence-corrected chi connectivity index (χ1v) is 8.21. The lowest BCUT2D eigenvalue weighted by atomic mass is 10.1. The van der Waals surface area contributed by atoms with Gasteiger partial charge < -0.3 is 19.7 Å². The van der Waals surface area contributed by atoms with E-state index in [-0.39, 0.29) is 5.54 Å². The lowest BCUT2D eigenvalue weighted by Crippen LogP contribution is -2.38. The van der Waals surface area contributed by atoms with Crippen LogP contribution in [0.1, 0.15) is 46.5 Å². The van der Waals surface area contributed by atoms with Gasteiger partial charge in [-0.3, -0.25) is 0 Å². The summed E-state index contributed by atoms with van der Waals surface area (Å²) in [6.45, 7) is 14.0. The molecule has 0 aromatic heterocycles. The van der Waals surface area contributed by atoms with Crippen molar-refractivity contribution in [2.75, 3.05) is 52.6 Å². The van der Waals surface area contributed by atoms with Crippen molar-refractivity contribution in [3.63, 3.8) is 0 Å². The van der Waals surface area contributed by atoms with E-state index < -0.39 is 0 Å². The van der Waals surface area contributed by atoms with Gasteiger partial charge in [-0.15, -0.1) is 0 Å². The number of rotatable bonds is 9. The van der Waals surface area contributed by atoms with Gasteiger partial charge in [-0.2, -0.15) is 0 Å². The Kier molecular flexibility index (Phi) is 9.44. The highest BCUT2D eigenvalue weighted by molar-refractivity contribution is 4.69. The van der Waals surface area contributed by atoms with Crippen molar-refractivity contribution in [2.24, 2.45) is 0 Å². The molecule has 1 aliphatic heterocycles. The third kappa shape index (κ3) is 10.6. The molecule has 0 bridgehead atoms. The third-order valence-corrected chi connectivity index (χ3v) is 3.52. The molecule has 0 spiro atoms. The number of hydrogen-bond donors (Lipinski definition) is 1. The van der Waals surface area contributed by atoms with Crippen molar-refractivity contribution in [1.29, 1.82) is 0 Å². The summed E-state index contributed by atoms with van der Waals surface area (Å²) in [6, 6.07) is 0. The van der Waals surface area contributed by atoms with Crippen molar-refractivity contribution in [1.82, 2.24) is 10.2 Å². The maximum Gasteiger partial charge on any atom is 0.0701 e. The molecule has 4 nitrogen and oxygen atoms in total. The first-order valence-electron chi connectivity index (χ1n) is 8.21. The molecule has 4 heteroatoms. The molecular formula is C16H34N2O2. The molecule has 0 saturated carbocycles. The Morgan fingerprint density at radius 1 is 0.850 bits per heavy atom. The molecule has 1 fully saturated rings. The van der Waals surface area contributed by atoms with Gasteiger partial charge in [0.15, 0.2) is 0 Å². The fraction of sp³-hybridized carbons (Fsp3) is 1.00. The molecule has 0 radical (unpaired) electrons. The topological polar surface area (TPSA) is 33.7 Å². The van der Waals surface area contributed by atoms with Gasteiger partial charge in [0.1, 0.15) is 0 Å². The van der Waals surface area contributed by atoms with E-state index in [0.29, 0.717) is 13.2 Å². The molecule has 1 rings (SSSR count). The zero-order valence-electron chi connectivity index (χ0n) is 13.7. The highest BCUT2D eigenvalue weighted by atomic mass is 16.5. The molecular weight excluding hydrogens is 252 g/mol. The Balaban J connectivity index is 1.82. The predicted molar refractivity (Wildman–Crippen MR) is 84.3 cm³/mol. The van der Waals surface area contributed by atoms with Crippen molar-refractivity contribution in [2.45, 2.75) is 52.0 Å². The van der Waals surface area contributed by atoms with E-state index in [4.69, 9.17) is 9.47 Å². The summed E-state index contributed by atoms with van der Waals surface area (Å²) >= 11 is 0. The van der Waals surface area contributed by atoms with Gasteiger partial charge >= 0.3 is 0 Å². The average molecular weight is 286 g/mol. The number of nitrogens with zero attached hydrogens (tertiary/aromatic N) is 1. The average Bonchev–Trinajstić information content (AvgIpc) is 2.64. The summed E-state index contributed by atoms with van der Waals surface area (Å²) in [4.78, 5) is 2.53. The molecule has 120 valence electrons. The van der Waals surface area contributed by atoms with Gasteiger partial charge in [-0.05, 0) is 46.7 Å². The van der Waals surface area contributed by atoms with Crippen molar-refractivity contribution in [3.8, 4) is 0 Å². The molecule has 0 amide bonds. The Hall–Kier alpha value is -0.160. The van der Waals surface area contributed by atoms with E-state index in [1.807, 2.05) is 0 Å². The fourth-order valence-electron chi connectivity index (χ4n) is 2.37. The predicted octanol–water partition coefficient (Wildman–Crippen LogP) is 2.28. The minimum Gasteiger partial charge on any atom is -0.378 e. The van der Waals surface area contributed by atoms with Crippen LogP contribution in [0.2, 0.25) is 0 Å². The standard InChI is InChI=1S/C16H34N2O2/c1-16(2,3)17-8-12-19-14-15-20-13-11-18-9-6-4-5-7-10-18/h17H,4-15H2,1-3H3. The molecule has 0 aromatic rings. The molecule has 0 unspecified atom stereocenters. The minimum absolute atomic E-state index is 0.174. The van der Waals surface area contributed by atoms with Gasteiger partial charge in [0.2, 0.25) is 0 Å². The minimum atomic E-state index is 0.174. The van der Waals surface area contributed by atoms with E-state index in [9.17, 15) is 0 Å². The smallest absolute Gasteiger partial charge is 0.0701 e. The molecule has 0 aliphatic carbocycles. The SMILES string of the molecule is CC(C)(C)NCCOCCOCCN1CCCCCC1. The van der Waals surface area contributed by atoms with E-state index >= 15 is 0 Å². The van der Waals surface area contributed by atoms with Gasteiger partial charge in [0.25, 0.3) is 0 Å². The van der Waals surface area contributed by atoms with E-state index in [1.165, 1.54) is 38.8 Å². The second kappa shape index (κ2) is 10.6. The number of likely N-dealkylation sites (tertiary alicyclic amines) is 1. The van der Waals surface area contributed by atoms with Crippen LogP contribution in [0.15, 0.2) is 0 Å². The lowest BCUT2D eigenvalue weighted by Gasteiger charge is -2.20. The van der Waals surface area contributed by atoms with Gasteiger partial charge in [0, 0.05) is 18.6 Å². The monoisotopic (exact) mass is 286 g/mol. The van der Waals surface area contributed by atoms with E-state index in [1.54, 1.807) is 0 Å². The van der Waals surface area contributed by atoms with Crippen LogP contribution in [0, 0.1) is 0 Å². The van der Waals surface area contributed by atoms with Crippen LogP contribution in [0.25, 0.3) is 0 Å². The van der Waals surface area contributed by atoms with Crippen LogP contribution >= 0.6 is 0 Å². The second-order valence-electron chi connectivity index (χ2n) is 6.66. The Labute approximate surface area is 125 Å². The zero-order valence-corrected chi connectivity index (χ0v) is 13.7. The largest absolute Gasteiger partial charge is 0.378 e. The summed E-state index contributed by atoms with van der Waals surface area (Å²) < 4.78 is 11.2. The normalized spacial score (nSPS) is 18.1. The van der Waals surface area contributed by atoms with E-state index in [2.05, 4.69) is 31.0 Å². The third-order valence-electron chi connectivity index (χ3n) is 3.52. The Morgan fingerprint density at radius 2 is 1.45 bits per heavy atom. The second-order valence-corrected chi connectivity index (χ2v) is 6.66. The fourth-order valence-corrected chi connectivity index (χ4v) is 2.37. The lowest BCUT2D eigenvalue weighted by molar-refractivity contribution is 0.0387. The Morgan fingerprint density at radius 3 is 2.05 bits per heavy atom. The van der Waals surface area contributed by atoms with Crippen LogP contribution in [-0.4, -0.2) is 63.0 Å². The van der Waals surface area contributed by atoms with Crippen LogP contribution in [0.3, 0.4) is 0 Å². The maximum atomic E-state index is 5.64. The van der Waals surface area contributed by atoms with Crippen molar-refractivity contribution >= 4 is 0 Å². The summed E-state index contributed by atoms with van der Waals surface area (Å²) in [6.07, 6.45) is 5.50.